The molecule has 1 aliphatic rings. The largest absolute Gasteiger partial charge is 0.396 e. The minimum Gasteiger partial charge on any atom is -0.396 e. The molecule has 0 radical (unpaired) electrons. The molecule has 94 valence electrons. The second kappa shape index (κ2) is 6.17. The fourth-order valence-corrected chi connectivity index (χ4v) is 3.12. The van der Waals surface area contributed by atoms with Crippen LogP contribution in [0.4, 0.5) is 0 Å². The maximum atomic E-state index is 11.9. The minimum absolute atomic E-state index is 0.0775. The molecule has 0 bridgehead atoms. The summed E-state index contributed by atoms with van der Waals surface area (Å²) < 4.78 is 0. The molecule has 2 unspecified atom stereocenters. The third-order valence-corrected chi connectivity index (χ3v) is 4.17. The molecule has 1 amide bonds. The van der Waals surface area contributed by atoms with Crippen molar-refractivity contribution >= 4 is 17.2 Å². The summed E-state index contributed by atoms with van der Waals surface area (Å²) in [6.07, 6.45) is 4.81. The lowest BCUT2D eigenvalue weighted by Crippen LogP contribution is -2.43. The number of hydrogen-bond acceptors (Lipinski definition) is 3. The van der Waals surface area contributed by atoms with E-state index in [0.717, 1.165) is 24.8 Å². The highest BCUT2D eigenvalue weighted by Gasteiger charge is 2.25. The normalized spacial score (nSPS) is 24.5. The van der Waals surface area contributed by atoms with Crippen LogP contribution < -0.4 is 5.32 Å². The Morgan fingerprint density at radius 2 is 2.29 bits per heavy atom. The van der Waals surface area contributed by atoms with Crippen LogP contribution in [0, 0.1) is 5.92 Å². The summed E-state index contributed by atoms with van der Waals surface area (Å²) >= 11 is 1.61. The van der Waals surface area contributed by atoms with Crippen LogP contribution in [0.25, 0.3) is 0 Å². The Kier molecular flexibility index (Phi) is 4.57. The van der Waals surface area contributed by atoms with E-state index in [9.17, 15) is 9.90 Å². The zero-order chi connectivity index (χ0) is 12.1. The van der Waals surface area contributed by atoms with Gasteiger partial charge in [-0.05, 0) is 35.2 Å². The van der Waals surface area contributed by atoms with Gasteiger partial charge >= 0.3 is 0 Å². The number of amides is 1. The Morgan fingerprint density at radius 1 is 1.47 bits per heavy atom. The predicted octanol–water partition coefficient (Wildman–Crippen LogP) is 1.96. The third-order valence-electron chi connectivity index (χ3n) is 3.43. The number of thiophene rings is 1. The molecule has 0 aliphatic heterocycles. The van der Waals surface area contributed by atoms with Gasteiger partial charge < -0.3 is 10.4 Å². The van der Waals surface area contributed by atoms with Crippen molar-refractivity contribution < 1.29 is 9.90 Å². The smallest absolute Gasteiger partial charge is 0.224 e. The lowest BCUT2D eigenvalue weighted by molar-refractivity contribution is -0.121. The predicted molar refractivity (Wildman–Crippen MR) is 69.0 cm³/mol. The lowest BCUT2D eigenvalue weighted by Gasteiger charge is -2.30. The van der Waals surface area contributed by atoms with E-state index in [4.69, 9.17) is 0 Å². The maximum absolute atomic E-state index is 11.9. The van der Waals surface area contributed by atoms with Gasteiger partial charge in [-0.3, -0.25) is 4.79 Å². The van der Waals surface area contributed by atoms with Crippen molar-refractivity contribution in [3.05, 3.63) is 22.4 Å². The highest BCUT2D eigenvalue weighted by atomic mass is 32.1. The Bertz CT molecular complexity index is 350. The van der Waals surface area contributed by atoms with Crippen LogP contribution in [-0.2, 0) is 11.2 Å². The Morgan fingerprint density at radius 3 is 3.00 bits per heavy atom. The molecule has 1 aliphatic carbocycles. The Balaban J connectivity index is 1.84. The van der Waals surface area contributed by atoms with Gasteiger partial charge in [-0.2, -0.15) is 11.3 Å². The number of aliphatic hydroxyl groups excluding tert-OH is 1. The zero-order valence-electron chi connectivity index (χ0n) is 9.89. The maximum Gasteiger partial charge on any atom is 0.224 e. The van der Waals surface area contributed by atoms with Gasteiger partial charge in [-0.1, -0.05) is 12.8 Å². The number of aliphatic hydroxyl groups is 1. The molecule has 1 heterocycles. The number of hydrogen-bond donors (Lipinski definition) is 2. The molecule has 4 heteroatoms. The van der Waals surface area contributed by atoms with Gasteiger partial charge in [-0.25, -0.2) is 0 Å². The van der Waals surface area contributed by atoms with E-state index in [1.165, 1.54) is 6.42 Å². The van der Waals surface area contributed by atoms with Crippen molar-refractivity contribution in [2.75, 3.05) is 6.61 Å². The fraction of sp³-hybridized carbons (Fsp3) is 0.615. The van der Waals surface area contributed by atoms with E-state index in [1.807, 2.05) is 16.8 Å². The fourth-order valence-electron chi connectivity index (χ4n) is 2.45. The van der Waals surface area contributed by atoms with Crippen LogP contribution in [0.5, 0.6) is 0 Å². The highest BCUT2D eigenvalue weighted by molar-refractivity contribution is 7.07. The summed E-state index contributed by atoms with van der Waals surface area (Å²) in [5.41, 5.74) is 1.07. The topological polar surface area (TPSA) is 49.3 Å². The van der Waals surface area contributed by atoms with Crippen molar-refractivity contribution in [3.63, 3.8) is 0 Å². The number of nitrogens with one attached hydrogen (secondary N) is 1. The van der Waals surface area contributed by atoms with Crippen molar-refractivity contribution in [2.45, 2.75) is 38.1 Å². The first-order valence-corrected chi connectivity index (χ1v) is 7.15. The zero-order valence-corrected chi connectivity index (χ0v) is 10.7. The SMILES string of the molecule is O=C(Cc1ccsc1)NC1CCCCC1CO. The van der Waals surface area contributed by atoms with Crippen molar-refractivity contribution in [3.8, 4) is 0 Å². The number of carbonyl (C=O) groups is 1. The average Bonchev–Trinajstić information content (AvgIpc) is 2.82. The van der Waals surface area contributed by atoms with Gasteiger partial charge in [0.05, 0.1) is 6.42 Å². The molecule has 1 aromatic heterocycles. The van der Waals surface area contributed by atoms with Gasteiger partial charge in [0.25, 0.3) is 0 Å². The van der Waals surface area contributed by atoms with Crippen molar-refractivity contribution in [2.24, 2.45) is 5.92 Å². The first-order valence-electron chi connectivity index (χ1n) is 6.21. The van der Waals surface area contributed by atoms with Crippen LogP contribution in [-0.4, -0.2) is 23.7 Å². The summed E-state index contributed by atoms with van der Waals surface area (Å²) in [7, 11) is 0. The quantitative estimate of drug-likeness (QED) is 0.861. The van der Waals surface area contributed by atoms with E-state index in [1.54, 1.807) is 11.3 Å². The van der Waals surface area contributed by atoms with E-state index >= 15 is 0 Å². The second-order valence-electron chi connectivity index (χ2n) is 4.71. The van der Waals surface area contributed by atoms with Gasteiger partial charge in [-0.15, -0.1) is 0 Å². The molecular formula is C13H19NO2S. The molecule has 0 saturated heterocycles. The van der Waals surface area contributed by atoms with Crippen LogP contribution in [0.1, 0.15) is 31.2 Å². The Labute approximate surface area is 106 Å². The summed E-state index contributed by atoms with van der Waals surface area (Å²) in [6, 6.07) is 2.15. The van der Waals surface area contributed by atoms with Gasteiger partial charge in [0, 0.05) is 18.6 Å². The molecule has 1 fully saturated rings. The molecule has 2 N–H and O–H groups in total. The molecule has 1 saturated carbocycles. The molecule has 17 heavy (non-hydrogen) atoms. The Hall–Kier alpha value is -0.870. The molecule has 1 aromatic rings. The molecule has 0 spiro atoms. The molecular weight excluding hydrogens is 234 g/mol. The standard InChI is InChI=1S/C13H19NO2S/c15-8-11-3-1-2-4-12(11)14-13(16)7-10-5-6-17-9-10/h5-6,9,11-12,15H,1-4,7-8H2,(H,14,16). The van der Waals surface area contributed by atoms with Gasteiger partial charge in [0.1, 0.15) is 0 Å². The molecule has 2 atom stereocenters. The summed E-state index contributed by atoms with van der Waals surface area (Å²) in [5.74, 6) is 0.323. The van der Waals surface area contributed by atoms with E-state index in [-0.39, 0.29) is 24.5 Å². The summed E-state index contributed by atoms with van der Waals surface area (Å²) in [5, 5.41) is 16.3. The van der Waals surface area contributed by atoms with Crippen molar-refractivity contribution in [1.29, 1.82) is 0 Å². The average molecular weight is 253 g/mol. The second-order valence-corrected chi connectivity index (χ2v) is 5.49. The van der Waals surface area contributed by atoms with Gasteiger partial charge in [0.2, 0.25) is 5.91 Å². The summed E-state index contributed by atoms with van der Waals surface area (Å²) in [4.78, 5) is 11.9. The molecule has 0 aromatic carbocycles. The molecule has 2 rings (SSSR count). The van der Waals surface area contributed by atoms with Crippen molar-refractivity contribution in [1.82, 2.24) is 5.32 Å². The highest BCUT2D eigenvalue weighted by Crippen LogP contribution is 2.24. The van der Waals surface area contributed by atoms with Crippen LogP contribution in [0.3, 0.4) is 0 Å². The van der Waals surface area contributed by atoms with E-state index in [2.05, 4.69) is 5.32 Å². The summed E-state index contributed by atoms with van der Waals surface area (Å²) in [6.45, 7) is 0.184. The van der Waals surface area contributed by atoms with Crippen LogP contribution >= 0.6 is 11.3 Å². The van der Waals surface area contributed by atoms with Gasteiger partial charge in [0.15, 0.2) is 0 Å². The molecule has 3 nitrogen and oxygen atoms in total. The number of carbonyl (C=O) groups excluding carboxylic acids is 1. The van der Waals surface area contributed by atoms with Crippen LogP contribution in [0.2, 0.25) is 0 Å². The monoisotopic (exact) mass is 253 g/mol. The first kappa shape index (κ1) is 12.6. The van der Waals surface area contributed by atoms with E-state index < -0.39 is 0 Å². The minimum atomic E-state index is 0.0775. The number of rotatable bonds is 4. The first-order chi connectivity index (χ1) is 8.29. The van der Waals surface area contributed by atoms with Crippen LogP contribution in [0.15, 0.2) is 16.8 Å². The van der Waals surface area contributed by atoms with E-state index in [0.29, 0.717) is 6.42 Å². The lowest BCUT2D eigenvalue weighted by atomic mass is 9.85. The third kappa shape index (κ3) is 3.54.